The molecule has 1 aliphatic carbocycles. The van der Waals surface area contributed by atoms with Gasteiger partial charge in [0.1, 0.15) is 0 Å². The number of hydrogen-bond donors (Lipinski definition) is 0. The van der Waals surface area contributed by atoms with Crippen LogP contribution in [-0.2, 0) is 12.8 Å². The molecule has 3 aliphatic rings. The number of fused-ring (bicyclic) bond motifs is 1. The number of carbonyl (C=O) groups excluding carboxylic acids is 1. The van der Waals surface area contributed by atoms with Gasteiger partial charge < -0.3 is 9.80 Å². The summed E-state index contributed by atoms with van der Waals surface area (Å²) in [5.41, 5.74) is 2.31. The third-order valence-corrected chi connectivity index (χ3v) is 7.63. The van der Waals surface area contributed by atoms with E-state index < -0.39 is 0 Å². The topological polar surface area (TPSA) is 52.6 Å². The standard InChI is InChI=1S/C22H29N5OS/c1-16-5-6-20(29-16)21(28)26-9-7-17-15-23-22(24-19(17)8-10-26)27-13-11-25(12-14-27)18-3-2-4-18/h5-6,15,18H,2-4,7-14H2,1H3. The van der Waals surface area contributed by atoms with Gasteiger partial charge in [-0.05, 0) is 43.9 Å². The number of amides is 1. The molecule has 0 spiro atoms. The minimum absolute atomic E-state index is 0.149. The zero-order chi connectivity index (χ0) is 19.8. The maximum Gasteiger partial charge on any atom is 0.263 e. The van der Waals surface area contributed by atoms with Crippen LogP contribution in [0.15, 0.2) is 18.3 Å². The molecule has 0 aromatic carbocycles. The molecule has 0 atom stereocenters. The lowest BCUT2D eigenvalue weighted by molar-refractivity contribution is 0.0768. The summed E-state index contributed by atoms with van der Waals surface area (Å²) < 4.78 is 0. The Labute approximate surface area is 176 Å². The Morgan fingerprint density at radius 3 is 2.55 bits per heavy atom. The first-order chi connectivity index (χ1) is 14.2. The Bertz CT molecular complexity index is 885. The molecule has 29 heavy (non-hydrogen) atoms. The third-order valence-electron chi connectivity index (χ3n) is 6.64. The van der Waals surface area contributed by atoms with Crippen LogP contribution in [0.1, 0.15) is 45.1 Å². The predicted molar refractivity (Wildman–Crippen MR) is 116 cm³/mol. The van der Waals surface area contributed by atoms with Crippen molar-refractivity contribution < 1.29 is 4.79 Å². The summed E-state index contributed by atoms with van der Waals surface area (Å²) >= 11 is 1.58. The Balaban J connectivity index is 1.24. The molecule has 2 aromatic heterocycles. The summed E-state index contributed by atoms with van der Waals surface area (Å²) in [6.07, 6.45) is 7.78. The average Bonchev–Trinajstić information content (AvgIpc) is 3.02. The van der Waals surface area contributed by atoms with Gasteiger partial charge in [0.2, 0.25) is 5.95 Å². The molecule has 7 heteroatoms. The van der Waals surface area contributed by atoms with Crippen LogP contribution in [0.2, 0.25) is 0 Å². The fourth-order valence-corrected chi connectivity index (χ4v) is 5.40. The van der Waals surface area contributed by atoms with Gasteiger partial charge in [0.05, 0.1) is 10.6 Å². The van der Waals surface area contributed by atoms with E-state index in [0.29, 0.717) is 0 Å². The third kappa shape index (κ3) is 3.90. The van der Waals surface area contributed by atoms with Crippen LogP contribution in [0.25, 0.3) is 0 Å². The van der Waals surface area contributed by atoms with Crippen molar-refractivity contribution in [1.29, 1.82) is 0 Å². The summed E-state index contributed by atoms with van der Waals surface area (Å²) in [4.78, 5) is 31.4. The molecule has 2 aliphatic heterocycles. The Kier molecular flexibility index (Phi) is 5.26. The van der Waals surface area contributed by atoms with Crippen molar-refractivity contribution in [3.8, 4) is 0 Å². The SMILES string of the molecule is Cc1ccc(C(=O)N2CCc3cnc(N4CCN(C5CCC5)CC4)nc3CC2)s1. The second-order valence-electron chi connectivity index (χ2n) is 8.45. The van der Waals surface area contributed by atoms with E-state index in [1.165, 1.54) is 29.7 Å². The lowest BCUT2D eigenvalue weighted by Gasteiger charge is -2.43. The highest BCUT2D eigenvalue weighted by atomic mass is 32.1. The van der Waals surface area contributed by atoms with Gasteiger partial charge in [-0.2, -0.15) is 0 Å². The lowest BCUT2D eigenvalue weighted by atomic mass is 9.91. The first kappa shape index (κ1) is 19.0. The summed E-state index contributed by atoms with van der Waals surface area (Å²) in [5.74, 6) is 1.02. The number of piperazine rings is 1. The first-order valence-electron chi connectivity index (χ1n) is 10.9. The van der Waals surface area contributed by atoms with E-state index in [1.807, 2.05) is 30.2 Å². The quantitative estimate of drug-likeness (QED) is 0.777. The molecular formula is C22H29N5OS. The van der Waals surface area contributed by atoms with Crippen LogP contribution in [0.4, 0.5) is 5.95 Å². The number of thiophene rings is 1. The number of hydrogen-bond acceptors (Lipinski definition) is 6. The maximum absolute atomic E-state index is 12.8. The van der Waals surface area contributed by atoms with E-state index in [4.69, 9.17) is 4.98 Å². The van der Waals surface area contributed by atoms with Crippen LogP contribution in [0, 0.1) is 6.92 Å². The molecular weight excluding hydrogens is 382 g/mol. The van der Waals surface area contributed by atoms with Crippen molar-refractivity contribution in [2.24, 2.45) is 0 Å². The molecule has 154 valence electrons. The van der Waals surface area contributed by atoms with E-state index in [2.05, 4.69) is 14.8 Å². The van der Waals surface area contributed by atoms with Gasteiger partial charge in [-0.25, -0.2) is 9.97 Å². The zero-order valence-corrected chi connectivity index (χ0v) is 18.0. The Morgan fingerprint density at radius 1 is 1.07 bits per heavy atom. The summed E-state index contributed by atoms with van der Waals surface area (Å²) in [7, 11) is 0. The average molecular weight is 412 g/mol. The van der Waals surface area contributed by atoms with Crippen LogP contribution in [0.5, 0.6) is 0 Å². The van der Waals surface area contributed by atoms with Gasteiger partial charge in [0.15, 0.2) is 0 Å². The predicted octanol–water partition coefficient (Wildman–Crippen LogP) is 2.76. The molecule has 1 amide bonds. The number of nitrogens with zero attached hydrogens (tertiary/aromatic N) is 5. The highest BCUT2D eigenvalue weighted by molar-refractivity contribution is 7.13. The smallest absolute Gasteiger partial charge is 0.263 e. The van der Waals surface area contributed by atoms with Crippen molar-refractivity contribution in [3.63, 3.8) is 0 Å². The minimum Gasteiger partial charge on any atom is -0.338 e. The van der Waals surface area contributed by atoms with Gasteiger partial charge in [-0.15, -0.1) is 11.3 Å². The summed E-state index contributed by atoms with van der Waals surface area (Å²) in [6.45, 7) is 7.78. The number of carbonyl (C=O) groups is 1. The summed E-state index contributed by atoms with van der Waals surface area (Å²) in [6, 6.07) is 4.79. The molecule has 0 unspecified atom stereocenters. The number of aryl methyl sites for hydroxylation is 1. The Hall–Kier alpha value is -1.99. The van der Waals surface area contributed by atoms with Gasteiger partial charge >= 0.3 is 0 Å². The molecule has 6 nitrogen and oxygen atoms in total. The van der Waals surface area contributed by atoms with Crippen molar-refractivity contribution in [1.82, 2.24) is 19.8 Å². The highest BCUT2D eigenvalue weighted by Gasteiger charge is 2.29. The van der Waals surface area contributed by atoms with E-state index in [1.54, 1.807) is 11.3 Å². The maximum atomic E-state index is 12.8. The first-order valence-corrected chi connectivity index (χ1v) is 11.7. The minimum atomic E-state index is 0.149. The normalized spacial score (nSPS) is 20.9. The lowest BCUT2D eigenvalue weighted by Crippen LogP contribution is -2.52. The number of anilines is 1. The summed E-state index contributed by atoms with van der Waals surface area (Å²) in [5, 5.41) is 0. The van der Waals surface area contributed by atoms with Crippen LogP contribution in [0.3, 0.4) is 0 Å². The molecule has 2 fully saturated rings. The zero-order valence-electron chi connectivity index (χ0n) is 17.1. The van der Waals surface area contributed by atoms with Gasteiger partial charge in [-0.1, -0.05) is 6.42 Å². The highest BCUT2D eigenvalue weighted by Crippen LogP contribution is 2.26. The fourth-order valence-electron chi connectivity index (χ4n) is 4.56. The fraction of sp³-hybridized carbons (Fsp3) is 0.591. The molecule has 4 heterocycles. The molecule has 0 radical (unpaired) electrons. The Morgan fingerprint density at radius 2 is 1.86 bits per heavy atom. The van der Waals surface area contributed by atoms with Crippen molar-refractivity contribution in [3.05, 3.63) is 39.3 Å². The molecule has 0 N–H and O–H groups in total. The van der Waals surface area contributed by atoms with Gasteiger partial charge in [-0.3, -0.25) is 9.69 Å². The van der Waals surface area contributed by atoms with Crippen molar-refractivity contribution in [2.75, 3.05) is 44.2 Å². The molecule has 5 rings (SSSR count). The van der Waals surface area contributed by atoms with Gasteiger partial charge in [0.25, 0.3) is 5.91 Å². The largest absolute Gasteiger partial charge is 0.338 e. The molecule has 2 aromatic rings. The van der Waals surface area contributed by atoms with E-state index in [0.717, 1.165) is 74.7 Å². The van der Waals surface area contributed by atoms with Crippen LogP contribution >= 0.6 is 11.3 Å². The van der Waals surface area contributed by atoms with E-state index in [-0.39, 0.29) is 5.91 Å². The second-order valence-corrected chi connectivity index (χ2v) is 9.74. The number of aromatic nitrogens is 2. The van der Waals surface area contributed by atoms with Gasteiger partial charge in [0, 0.05) is 62.8 Å². The van der Waals surface area contributed by atoms with Crippen molar-refractivity contribution in [2.45, 2.75) is 45.1 Å². The van der Waals surface area contributed by atoms with Crippen molar-refractivity contribution >= 4 is 23.2 Å². The molecule has 1 saturated heterocycles. The molecule has 1 saturated carbocycles. The monoisotopic (exact) mass is 411 g/mol. The van der Waals surface area contributed by atoms with E-state index in [9.17, 15) is 4.79 Å². The number of rotatable bonds is 3. The van der Waals surface area contributed by atoms with E-state index >= 15 is 0 Å². The van der Waals surface area contributed by atoms with Crippen LogP contribution < -0.4 is 4.90 Å². The van der Waals surface area contributed by atoms with Crippen LogP contribution in [-0.4, -0.2) is 71.0 Å². The second kappa shape index (κ2) is 8.03. The molecule has 0 bridgehead atoms.